The lowest BCUT2D eigenvalue weighted by atomic mass is 9.70. The Balaban J connectivity index is 2.20. The second kappa shape index (κ2) is 7.91. The van der Waals surface area contributed by atoms with Gasteiger partial charge >= 0.3 is 0 Å². The minimum absolute atomic E-state index is 0.0463. The second-order valence-corrected chi connectivity index (χ2v) is 10.4. The average molecular weight is 427 g/mol. The molecule has 3 rings (SSSR count). The summed E-state index contributed by atoms with van der Waals surface area (Å²) < 4.78 is -0.539. The average Bonchev–Trinajstić information content (AvgIpc) is 2.93. The molecule has 0 amide bonds. The molecule has 0 radical (unpaired) electrons. The van der Waals surface area contributed by atoms with Crippen LogP contribution in [-0.2, 0) is 5.41 Å². The summed E-state index contributed by atoms with van der Waals surface area (Å²) in [6, 6.07) is 15.3. The van der Waals surface area contributed by atoms with Crippen molar-refractivity contribution in [2.75, 3.05) is 0 Å². The van der Waals surface area contributed by atoms with Gasteiger partial charge < -0.3 is 0 Å². The quantitative estimate of drug-likeness (QED) is 0.312. The number of alkyl halides is 1. The van der Waals surface area contributed by atoms with Gasteiger partial charge in [-0.15, -0.1) is 0 Å². The number of halogens is 1. The Bertz CT molecular complexity index is 820. The molecule has 0 saturated heterocycles. The van der Waals surface area contributed by atoms with Crippen LogP contribution in [0.2, 0.25) is 0 Å². The zero-order valence-corrected chi connectivity index (χ0v) is 18.7. The number of hydrogen-bond donors (Lipinski definition) is 0. The van der Waals surface area contributed by atoms with E-state index in [1.165, 1.54) is 47.9 Å². The van der Waals surface area contributed by atoms with Crippen LogP contribution in [0.5, 0.6) is 0 Å². The highest BCUT2D eigenvalue weighted by Crippen LogP contribution is 2.54. The molecule has 144 valence electrons. The summed E-state index contributed by atoms with van der Waals surface area (Å²) in [6.45, 7) is 8.39. The number of Topliss-reactive ketones (excluding diaryl/α,β-unsaturated/α-hetero) is 1. The van der Waals surface area contributed by atoms with Crippen molar-refractivity contribution in [2.45, 2.75) is 76.0 Å². The van der Waals surface area contributed by atoms with Crippen molar-refractivity contribution in [3.63, 3.8) is 0 Å². The third-order valence-electron chi connectivity index (χ3n) is 5.98. The number of fused-ring (bicyclic) bond motifs is 3. The molecule has 2 heteroatoms. The fourth-order valence-corrected chi connectivity index (χ4v) is 4.79. The smallest absolute Gasteiger partial charge is 0.178 e. The molecule has 2 aromatic rings. The first kappa shape index (κ1) is 20.3. The van der Waals surface area contributed by atoms with Gasteiger partial charge in [-0.2, -0.15) is 0 Å². The van der Waals surface area contributed by atoms with Crippen LogP contribution in [0.15, 0.2) is 42.5 Å². The third-order valence-corrected chi connectivity index (χ3v) is 6.34. The van der Waals surface area contributed by atoms with E-state index in [1.807, 2.05) is 19.9 Å². The summed E-state index contributed by atoms with van der Waals surface area (Å²) in [6.07, 6.45) is 7.11. The van der Waals surface area contributed by atoms with Crippen LogP contribution in [0, 0.1) is 0 Å². The lowest BCUT2D eigenvalue weighted by Crippen LogP contribution is -2.27. The van der Waals surface area contributed by atoms with Crippen molar-refractivity contribution in [2.24, 2.45) is 0 Å². The van der Waals surface area contributed by atoms with E-state index in [2.05, 4.69) is 66.2 Å². The Kier molecular flexibility index (Phi) is 5.96. The number of ketones is 1. The van der Waals surface area contributed by atoms with E-state index in [-0.39, 0.29) is 11.2 Å². The Labute approximate surface area is 172 Å². The SMILES string of the molecule is CCCCC1(CCCC)c2ccccc2-c2ccc(C(=O)C(C)(C)Br)cc21. The first-order valence-corrected chi connectivity index (χ1v) is 11.1. The maximum Gasteiger partial charge on any atom is 0.178 e. The Morgan fingerprint density at radius 3 is 2.11 bits per heavy atom. The van der Waals surface area contributed by atoms with Gasteiger partial charge in [-0.25, -0.2) is 0 Å². The van der Waals surface area contributed by atoms with Gasteiger partial charge in [-0.3, -0.25) is 4.79 Å². The Morgan fingerprint density at radius 1 is 0.926 bits per heavy atom. The van der Waals surface area contributed by atoms with E-state index in [9.17, 15) is 4.79 Å². The van der Waals surface area contributed by atoms with E-state index in [1.54, 1.807) is 0 Å². The first-order valence-electron chi connectivity index (χ1n) is 10.3. The highest BCUT2D eigenvalue weighted by Gasteiger charge is 2.42. The Morgan fingerprint density at radius 2 is 1.52 bits per heavy atom. The van der Waals surface area contributed by atoms with E-state index in [0.717, 1.165) is 18.4 Å². The van der Waals surface area contributed by atoms with Gasteiger partial charge in [0.15, 0.2) is 5.78 Å². The molecule has 0 saturated carbocycles. The predicted molar refractivity (Wildman–Crippen MR) is 119 cm³/mol. The van der Waals surface area contributed by atoms with Crippen molar-refractivity contribution in [3.8, 4) is 11.1 Å². The first-order chi connectivity index (χ1) is 12.8. The number of rotatable bonds is 8. The summed E-state index contributed by atoms with van der Waals surface area (Å²) in [5.74, 6) is 0.154. The largest absolute Gasteiger partial charge is 0.293 e. The number of unbranched alkanes of at least 4 members (excludes halogenated alkanes) is 2. The summed E-state index contributed by atoms with van der Waals surface area (Å²) in [5, 5.41) is 0. The van der Waals surface area contributed by atoms with Crippen molar-refractivity contribution in [3.05, 3.63) is 59.2 Å². The standard InChI is InChI=1S/C25H31BrO/c1-5-7-15-25(16-8-6-2)21-12-10-9-11-19(21)20-14-13-18(17-22(20)25)23(27)24(3,4)26/h9-14,17H,5-8,15-16H2,1-4H3. The Hall–Kier alpha value is -1.41. The summed E-state index contributed by atoms with van der Waals surface area (Å²) in [4.78, 5) is 12.9. The molecular weight excluding hydrogens is 396 g/mol. The summed E-state index contributed by atoms with van der Waals surface area (Å²) >= 11 is 3.55. The van der Waals surface area contributed by atoms with Gasteiger partial charge in [0.1, 0.15) is 0 Å². The van der Waals surface area contributed by atoms with Gasteiger partial charge in [-0.1, -0.05) is 91.9 Å². The molecule has 27 heavy (non-hydrogen) atoms. The normalized spacial score (nSPS) is 14.7. The monoisotopic (exact) mass is 426 g/mol. The molecule has 0 N–H and O–H groups in total. The van der Waals surface area contributed by atoms with Crippen LogP contribution in [0.25, 0.3) is 11.1 Å². The minimum atomic E-state index is -0.539. The minimum Gasteiger partial charge on any atom is -0.293 e. The van der Waals surface area contributed by atoms with Crippen LogP contribution in [-0.4, -0.2) is 10.1 Å². The van der Waals surface area contributed by atoms with Crippen LogP contribution < -0.4 is 0 Å². The molecule has 1 aliphatic carbocycles. The number of carbonyl (C=O) groups excluding carboxylic acids is 1. The number of hydrogen-bond acceptors (Lipinski definition) is 1. The van der Waals surface area contributed by atoms with Crippen molar-refractivity contribution >= 4 is 21.7 Å². The zero-order chi connectivity index (χ0) is 19.7. The lowest BCUT2D eigenvalue weighted by molar-refractivity contribution is 0.0961. The molecule has 0 heterocycles. The number of carbonyl (C=O) groups is 1. The molecule has 0 unspecified atom stereocenters. The highest BCUT2D eigenvalue weighted by molar-refractivity contribution is 9.10. The van der Waals surface area contributed by atoms with Crippen LogP contribution in [0.4, 0.5) is 0 Å². The molecule has 1 nitrogen and oxygen atoms in total. The van der Waals surface area contributed by atoms with Crippen molar-refractivity contribution in [1.29, 1.82) is 0 Å². The van der Waals surface area contributed by atoms with E-state index in [4.69, 9.17) is 0 Å². The molecule has 1 aliphatic rings. The topological polar surface area (TPSA) is 17.1 Å². The van der Waals surface area contributed by atoms with Gasteiger partial charge in [0, 0.05) is 11.0 Å². The molecule has 0 bridgehead atoms. The van der Waals surface area contributed by atoms with Gasteiger partial charge in [0.25, 0.3) is 0 Å². The van der Waals surface area contributed by atoms with E-state index >= 15 is 0 Å². The number of benzene rings is 2. The van der Waals surface area contributed by atoms with Crippen LogP contribution in [0.3, 0.4) is 0 Å². The van der Waals surface area contributed by atoms with Gasteiger partial charge in [0.2, 0.25) is 0 Å². The van der Waals surface area contributed by atoms with Crippen LogP contribution in [0.1, 0.15) is 87.7 Å². The van der Waals surface area contributed by atoms with Gasteiger partial charge in [-0.05, 0) is 55.0 Å². The zero-order valence-electron chi connectivity index (χ0n) is 17.1. The van der Waals surface area contributed by atoms with E-state index in [0.29, 0.717) is 0 Å². The molecular formula is C25H31BrO. The molecule has 0 atom stereocenters. The second-order valence-electron chi connectivity index (χ2n) is 8.40. The third kappa shape index (κ3) is 3.66. The van der Waals surface area contributed by atoms with E-state index < -0.39 is 4.32 Å². The fraction of sp³-hybridized carbons (Fsp3) is 0.480. The van der Waals surface area contributed by atoms with Crippen molar-refractivity contribution < 1.29 is 4.79 Å². The molecule has 0 aromatic heterocycles. The van der Waals surface area contributed by atoms with Gasteiger partial charge in [0.05, 0.1) is 4.32 Å². The summed E-state index contributed by atoms with van der Waals surface area (Å²) in [5.41, 5.74) is 6.38. The predicted octanol–water partition coefficient (Wildman–Crippen LogP) is 7.69. The summed E-state index contributed by atoms with van der Waals surface area (Å²) in [7, 11) is 0. The maximum absolute atomic E-state index is 12.9. The molecule has 0 spiro atoms. The van der Waals surface area contributed by atoms with Crippen LogP contribution >= 0.6 is 15.9 Å². The molecule has 2 aromatic carbocycles. The molecule has 0 aliphatic heterocycles. The molecule has 0 fully saturated rings. The lowest BCUT2D eigenvalue weighted by Gasteiger charge is -2.33. The fourth-order valence-electron chi connectivity index (χ4n) is 4.56. The highest BCUT2D eigenvalue weighted by atomic mass is 79.9. The van der Waals surface area contributed by atoms with Crippen molar-refractivity contribution in [1.82, 2.24) is 0 Å². The maximum atomic E-state index is 12.9.